The highest BCUT2D eigenvalue weighted by atomic mass is 35.5. The standard InChI is InChI=1S/C24H27N5O4.ClH/c1-17(19-8-5-9-20(16-19)21(31)18-6-3-2-4-7-18)22-27-28-24(33-22)26-23(25-10-13-30)29-11-14-32-15-12-29;/h2-9,16-17,30H,10-15H2,1H3,(H,25,26,28);1H. The Morgan fingerprint density at radius 1 is 1.12 bits per heavy atom. The minimum atomic E-state index is -0.220. The molecular formula is C24H28ClN5O4. The first-order valence-corrected chi connectivity index (χ1v) is 10.9. The summed E-state index contributed by atoms with van der Waals surface area (Å²) in [7, 11) is 0. The Morgan fingerprint density at radius 2 is 1.85 bits per heavy atom. The van der Waals surface area contributed by atoms with E-state index < -0.39 is 0 Å². The van der Waals surface area contributed by atoms with Crippen LogP contribution in [0, 0.1) is 0 Å². The van der Waals surface area contributed by atoms with E-state index in [1.807, 2.05) is 48.2 Å². The molecule has 34 heavy (non-hydrogen) atoms. The number of aromatic nitrogens is 2. The number of carbonyl (C=O) groups excluding carboxylic acids is 1. The summed E-state index contributed by atoms with van der Waals surface area (Å²) >= 11 is 0. The van der Waals surface area contributed by atoms with E-state index in [4.69, 9.17) is 9.15 Å². The molecule has 1 aliphatic heterocycles. The molecule has 1 atom stereocenters. The Hall–Kier alpha value is -3.27. The topological polar surface area (TPSA) is 113 Å². The number of hydrogen-bond donors (Lipinski definition) is 2. The van der Waals surface area contributed by atoms with Crippen LogP contribution in [0.2, 0.25) is 0 Å². The Bertz CT molecular complexity index is 1100. The Balaban J connectivity index is 0.00000324. The van der Waals surface area contributed by atoms with E-state index in [9.17, 15) is 9.90 Å². The molecule has 0 amide bonds. The number of morpholine rings is 1. The number of nitrogens with zero attached hydrogens (tertiary/aromatic N) is 4. The molecular weight excluding hydrogens is 458 g/mol. The van der Waals surface area contributed by atoms with Gasteiger partial charge in [0.2, 0.25) is 11.9 Å². The van der Waals surface area contributed by atoms with E-state index in [1.165, 1.54) is 0 Å². The molecule has 0 radical (unpaired) electrons. The molecule has 3 aromatic rings. The summed E-state index contributed by atoms with van der Waals surface area (Å²) in [5, 5.41) is 20.5. The molecule has 0 aliphatic carbocycles. The largest absolute Gasteiger partial charge is 0.406 e. The van der Waals surface area contributed by atoms with E-state index in [1.54, 1.807) is 18.2 Å². The lowest BCUT2D eigenvalue weighted by atomic mass is 9.96. The van der Waals surface area contributed by atoms with Gasteiger partial charge in [0, 0.05) is 30.8 Å². The van der Waals surface area contributed by atoms with Crippen LogP contribution >= 0.6 is 12.4 Å². The van der Waals surface area contributed by atoms with Gasteiger partial charge in [-0.3, -0.25) is 4.79 Å². The first kappa shape index (κ1) is 25.4. The van der Waals surface area contributed by atoms with Crippen LogP contribution in [0.5, 0.6) is 0 Å². The van der Waals surface area contributed by atoms with Gasteiger partial charge in [0.05, 0.1) is 25.7 Å². The number of rotatable bonds is 7. The SMILES string of the molecule is CC(c1cccc(C(=O)c2ccccc2)c1)c1nnc(/N=C(\NCCO)N2CCOCC2)o1.Cl. The second-order valence-electron chi connectivity index (χ2n) is 7.65. The quantitative estimate of drug-likeness (QED) is 0.298. The Morgan fingerprint density at radius 3 is 2.59 bits per heavy atom. The van der Waals surface area contributed by atoms with Gasteiger partial charge in [-0.2, -0.15) is 4.99 Å². The number of nitrogens with one attached hydrogen (secondary N) is 1. The van der Waals surface area contributed by atoms with Crippen molar-refractivity contribution in [3.63, 3.8) is 0 Å². The van der Waals surface area contributed by atoms with Crippen molar-refractivity contribution in [2.75, 3.05) is 39.5 Å². The van der Waals surface area contributed by atoms with E-state index in [2.05, 4.69) is 20.5 Å². The van der Waals surface area contributed by atoms with E-state index >= 15 is 0 Å². The van der Waals surface area contributed by atoms with Crippen molar-refractivity contribution in [2.45, 2.75) is 12.8 Å². The molecule has 1 saturated heterocycles. The third kappa shape index (κ3) is 6.19. The van der Waals surface area contributed by atoms with Crippen molar-refractivity contribution in [1.29, 1.82) is 0 Å². The molecule has 0 saturated carbocycles. The summed E-state index contributed by atoms with van der Waals surface area (Å²) < 4.78 is 11.2. The van der Waals surface area contributed by atoms with Gasteiger partial charge in [-0.05, 0) is 18.6 Å². The van der Waals surface area contributed by atoms with E-state index in [0.29, 0.717) is 55.8 Å². The summed E-state index contributed by atoms with van der Waals surface area (Å²) in [5.41, 5.74) is 2.14. The number of benzene rings is 2. The minimum Gasteiger partial charge on any atom is -0.406 e. The zero-order valence-electron chi connectivity index (χ0n) is 18.9. The van der Waals surface area contributed by atoms with Crippen molar-refractivity contribution in [3.8, 4) is 0 Å². The molecule has 1 aliphatic rings. The summed E-state index contributed by atoms with van der Waals surface area (Å²) in [4.78, 5) is 19.3. The van der Waals surface area contributed by atoms with E-state index in [-0.39, 0.29) is 36.7 Å². The molecule has 9 nitrogen and oxygen atoms in total. The molecule has 2 N–H and O–H groups in total. The average molecular weight is 486 g/mol. The van der Waals surface area contributed by atoms with Crippen LogP contribution in [0.25, 0.3) is 0 Å². The summed E-state index contributed by atoms with van der Waals surface area (Å²) in [6.07, 6.45) is 0. The molecule has 0 bridgehead atoms. The van der Waals surface area contributed by atoms with Crippen molar-refractivity contribution in [3.05, 3.63) is 77.2 Å². The monoisotopic (exact) mass is 485 g/mol. The maximum Gasteiger partial charge on any atom is 0.345 e. The number of ketones is 1. The maximum atomic E-state index is 12.8. The molecule has 2 heterocycles. The van der Waals surface area contributed by atoms with Gasteiger partial charge in [-0.15, -0.1) is 17.5 Å². The van der Waals surface area contributed by atoms with Crippen molar-refractivity contribution in [1.82, 2.24) is 20.4 Å². The van der Waals surface area contributed by atoms with Crippen LogP contribution in [0.15, 0.2) is 64.0 Å². The van der Waals surface area contributed by atoms with Crippen LogP contribution < -0.4 is 5.32 Å². The number of guanidine groups is 1. The van der Waals surface area contributed by atoms with Crippen LogP contribution in [0.4, 0.5) is 6.01 Å². The molecule has 1 aromatic heterocycles. The normalized spacial score (nSPS) is 14.9. The van der Waals surface area contributed by atoms with Crippen LogP contribution in [-0.2, 0) is 4.74 Å². The molecule has 2 aromatic carbocycles. The average Bonchev–Trinajstić information content (AvgIpc) is 3.35. The van der Waals surface area contributed by atoms with Crippen LogP contribution in [-0.4, -0.2) is 71.4 Å². The van der Waals surface area contributed by atoms with Crippen molar-refractivity contribution < 1.29 is 19.1 Å². The zero-order chi connectivity index (χ0) is 23.0. The van der Waals surface area contributed by atoms with Gasteiger partial charge in [0.1, 0.15) is 0 Å². The Kier molecular flexibility index (Phi) is 9.15. The maximum absolute atomic E-state index is 12.8. The summed E-state index contributed by atoms with van der Waals surface area (Å²) in [6, 6.07) is 16.8. The second kappa shape index (κ2) is 12.3. The van der Waals surface area contributed by atoms with Gasteiger partial charge < -0.3 is 24.5 Å². The third-order valence-corrected chi connectivity index (χ3v) is 5.39. The number of aliphatic hydroxyl groups is 1. The third-order valence-electron chi connectivity index (χ3n) is 5.39. The number of hydrogen-bond acceptors (Lipinski definition) is 7. The predicted octanol–water partition coefficient (Wildman–Crippen LogP) is 2.78. The first-order chi connectivity index (χ1) is 16.2. The fourth-order valence-electron chi connectivity index (χ4n) is 3.55. The Labute approximate surface area is 204 Å². The molecule has 0 spiro atoms. The highest BCUT2D eigenvalue weighted by Crippen LogP contribution is 2.26. The van der Waals surface area contributed by atoms with Crippen molar-refractivity contribution in [2.24, 2.45) is 4.99 Å². The number of aliphatic hydroxyl groups excluding tert-OH is 1. The number of carbonyl (C=O) groups is 1. The summed E-state index contributed by atoms with van der Waals surface area (Å²) in [6.45, 7) is 4.84. The van der Waals surface area contributed by atoms with Gasteiger partial charge in [-0.25, -0.2) is 0 Å². The second-order valence-corrected chi connectivity index (χ2v) is 7.65. The van der Waals surface area contributed by atoms with Crippen LogP contribution in [0.1, 0.15) is 40.2 Å². The van der Waals surface area contributed by atoms with E-state index in [0.717, 1.165) is 5.56 Å². The van der Waals surface area contributed by atoms with Gasteiger partial charge in [0.25, 0.3) is 0 Å². The first-order valence-electron chi connectivity index (χ1n) is 10.9. The van der Waals surface area contributed by atoms with Gasteiger partial charge in [0.15, 0.2) is 5.78 Å². The number of ether oxygens (including phenoxy) is 1. The molecule has 10 heteroatoms. The lowest BCUT2D eigenvalue weighted by molar-refractivity contribution is 0.0664. The number of aliphatic imine (C=N–C) groups is 1. The highest BCUT2D eigenvalue weighted by Gasteiger charge is 2.20. The molecule has 1 fully saturated rings. The fraction of sp³-hybridized carbons (Fsp3) is 0.333. The molecule has 4 rings (SSSR count). The smallest absolute Gasteiger partial charge is 0.345 e. The molecule has 180 valence electrons. The van der Waals surface area contributed by atoms with Gasteiger partial charge in [-0.1, -0.05) is 53.6 Å². The summed E-state index contributed by atoms with van der Waals surface area (Å²) in [5.74, 6) is 0.708. The van der Waals surface area contributed by atoms with Gasteiger partial charge >= 0.3 is 6.01 Å². The molecule has 1 unspecified atom stereocenters. The van der Waals surface area contributed by atoms with Crippen molar-refractivity contribution >= 4 is 30.2 Å². The predicted molar refractivity (Wildman–Crippen MR) is 130 cm³/mol. The highest BCUT2D eigenvalue weighted by molar-refractivity contribution is 6.09. The lowest BCUT2D eigenvalue weighted by Gasteiger charge is -2.29. The minimum absolute atomic E-state index is 0. The fourth-order valence-corrected chi connectivity index (χ4v) is 3.55. The number of halogens is 1. The lowest BCUT2D eigenvalue weighted by Crippen LogP contribution is -2.47. The zero-order valence-corrected chi connectivity index (χ0v) is 19.7. The van der Waals surface area contributed by atoms with Crippen LogP contribution in [0.3, 0.4) is 0 Å².